The molecule has 0 aliphatic heterocycles. The molecule has 1 aliphatic carbocycles. The molecule has 1 aromatic rings. The predicted octanol–water partition coefficient (Wildman–Crippen LogP) is 0.871. The number of aromatic nitrogens is 1. The number of carbonyl (C=O) groups is 2. The van der Waals surface area contributed by atoms with Crippen LogP contribution in [-0.2, 0) is 16.1 Å². The maximum Gasteiger partial charge on any atom is 0.319 e. The van der Waals surface area contributed by atoms with Crippen molar-refractivity contribution < 1.29 is 14.7 Å². The van der Waals surface area contributed by atoms with Crippen LogP contribution >= 0.6 is 0 Å². The minimum absolute atomic E-state index is 0.349. The fourth-order valence-electron chi connectivity index (χ4n) is 1.71. The van der Waals surface area contributed by atoms with Gasteiger partial charge in [0.1, 0.15) is 5.41 Å². The van der Waals surface area contributed by atoms with Crippen LogP contribution < -0.4 is 5.32 Å². The van der Waals surface area contributed by atoms with Gasteiger partial charge in [0.2, 0.25) is 5.91 Å². The van der Waals surface area contributed by atoms with Crippen LogP contribution in [0.1, 0.15) is 24.0 Å². The molecule has 0 bridgehead atoms. The highest BCUT2D eigenvalue weighted by Gasteiger charge is 2.56. The van der Waals surface area contributed by atoms with Gasteiger partial charge in [-0.25, -0.2) is 0 Å². The van der Waals surface area contributed by atoms with Gasteiger partial charge in [-0.1, -0.05) is 0 Å². The summed E-state index contributed by atoms with van der Waals surface area (Å²) >= 11 is 0. The minimum atomic E-state index is -1.17. The average molecular weight is 234 g/mol. The van der Waals surface area contributed by atoms with E-state index in [0.717, 1.165) is 11.1 Å². The Morgan fingerprint density at radius 1 is 1.53 bits per heavy atom. The molecule has 5 heteroatoms. The van der Waals surface area contributed by atoms with Crippen molar-refractivity contribution in [1.29, 1.82) is 0 Å². The molecule has 1 saturated carbocycles. The van der Waals surface area contributed by atoms with Crippen molar-refractivity contribution in [2.45, 2.75) is 26.3 Å². The van der Waals surface area contributed by atoms with Gasteiger partial charge in [-0.3, -0.25) is 14.6 Å². The van der Waals surface area contributed by atoms with Crippen molar-refractivity contribution in [3.05, 3.63) is 29.6 Å². The third-order valence-corrected chi connectivity index (χ3v) is 3.17. The summed E-state index contributed by atoms with van der Waals surface area (Å²) in [5.74, 6) is -1.41. The number of carboxylic acid groups (broad SMARTS) is 1. The van der Waals surface area contributed by atoms with E-state index in [9.17, 15) is 9.59 Å². The molecule has 90 valence electrons. The molecule has 1 amide bonds. The number of pyridine rings is 1. The summed E-state index contributed by atoms with van der Waals surface area (Å²) in [6, 6.07) is 1.82. The lowest BCUT2D eigenvalue weighted by molar-refractivity contribution is -0.149. The summed E-state index contributed by atoms with van der Waals surface area (Å²) in [5, 5.41) is 11.6. The van der Waals surface area contributed by atoms with Crippen molar-refractivity contribution in [3.8, 4) is 0 Å². The Morgan fingerprint density at radius 2 is 2.24 bits per heavy atom. The van der Waals surface area contributed by atoms with Gasteiger partial charge in [0.15, 0.2) is 0 Å². The Hall–Kier alpha value is -1.91. The lowest BCUT2D eigenvalue weighted by Gasteiger charge is -2.11. The van der Waals surface area contributed by atoms with Crippen LogP contribution in [-0.4, -0.2) is 22.0 Å². The first-order valence-corrected chi connectivity index (χ1v) is 5.47. The summed E-state index contributed by atoms with van der Waals surface area (Å²) < 4.78 is 0. The number of rotatable bonds is 4. The van der Waals surface area contributed by atoms with E-state index in [1.165, 1.54) is 0 Å². The van der Waals surface area contributed by atoms with Crippen molar-refractivity contribution in [2.24, 2.45) is 5.41 Å². The number of amides is 1. The van der Waals surface area contributed by atoms with E-state index in [1.807, 2.05) is 13.0 Å². The van der Waals surface area contributed by atoms with Crippen molar-refractivity contribution in [3.63, 3.8) is 0 Å². The summed E-state index contributed by atoms with van der Waals surface area (Å²) in [4.78, 5) is 26.6. The molecule has 0 radical (unpaired) electrons. The number of aliphatic carboxylic acids is 1. The number of nitrogens with one attached hydrogen (secondary N) is 1. The quantitative estimate of drug-likeness (QED) is 0.758. The first-order chi connectivity index (χ1) is 8.06. The van der Waals surface area contributed by atoms with Crippen LogP contribution in [0.5, 0.6) is 0 Å². The van der Waals surface area contributed by atoms with E-state index in [4.69, 9.17) is 5.11 Å². The zero-order valence-corrected chi connectivity index (χ0v) is 9.56. The lowest BCUT2D eigenvalue weighted by atomic mass is 10.1. The molecule has 0 saturated heterocycles. The molecule has 1 aromatic heterocycles. The molecular formula is C12H14N2O3. The second-order valence-corrected chi connectivity index (χ2v) is 4.37. The van der Waals surface area contributed by atoms with Crippen LogP contribution in [0, 0.1) is 12.3 Å². The molecule has 2 N–H and O–H groups in total. The second-order valence-electron chi connectivity index (χ2n) is 4.37. The van der Waals surface area contributed by atoms with Gasteiger partial charge in [0.25, 0.3) is 0 Å². The van der Waals surface area contributed by atoms with Crippen molar-refractivity contribution in [2.75, 3.05) is 0 Å². The van der Waals surface area contributed by atoms with Crippen LogP contribution in [0.15, 0.2) is 18.5 Å². The van der Waals surface area contributed by atoms with Gasteiger partial charge in [-0.2, -0.15) is 0 Å². The smallest absolute Gasteiger partial charge is 0.319 e. The van der Waals surface area contributed by atoms with E-state index in [0.29, 0.717) is 19.4 Å². The Kier molecular flexibility index (Phi) is 2.83. The number of carbonyl (C=O) groups excluding carboxylic acids is 1. The summed E-state index contributed by atoms with van der Waals surface area (Å²) in [7, 11) is 0. The molecule has 0 unspecified atom stereocenters. The molecular weight excluding hydrogens is 220 g/mol. The number of hydrogen-bond acceptors (Lipinski definition) is 3. The van der Waals surface area contributed by atoms with E-state index in [2.05, 4.69) is 10.3 Å². The third kappa shape index (κ3) is 2.13. The highest BCUT2D eigenvalue weighted by Crippen LogP contribution is 2.46. The zero-order valence-electron chi connectivity index (χ0n) is 9.56. The van der Waals surface area contributed by atoms with Gasteiger partial charge in [-0.05, 0) is 37.0 Å². The van der Waals surface area contributed by atoms with Gasteiger partial charge in [-0.15, -0.1) is 0 Å². The van der Waals surface area contributed by atoms with Crippen LogP contribution in [0.2, 0.25) is 0 Å². The SMILES string of the molecule is Cc1cnccc1CNC(=O)C1(C(=O)O)CC1. The lowest BCUT2D eigenvalue weighted by Crippen LogP contribution is -2.36. The Labute approximate surface area is 98.9 Å². The highest BCUT2D eigenvalue weighted by molar-refractivity contribution is 6.04. The van der Waals surface area contributed by atoms with Gasteiger partial charge < -0.3 is 10.4 Å². The molecule has 17 heavy (non-hydrogen) atoms. The van der Waals surface area contributed by atoms with Crippen LogP contribution in [0.25, 0.3) is 0 Å². The van der Waals surface area contributed by atoms with Gasteiger partial charge in [0.05, 0.1) is 0 Å². The van der Waals surface area contributed by atoms with E-state index >= 15 is 0 Å². The van der Waals surface area contributed by atoms with E-state index in [-0.39, 0.29) is 5.91 Å². The molecule has 0 aromatic carbocycles. The van der Waals surface area contributed by atoms with Crippen LogP contribution in [0.3, 0.4) is 0 Å². The molecule has 1 heterocycles. The van der Waals surface area contributed by atoms with Crippen LogP contribution in [0.4, 0.5) is 0 Å². The van der Waals surface area contributed by atoms with Crippen molar-refractivity contribution in [1.82, 2.24) is 10.3 Å². The first-order valence-electron chi connectivity index (χ1n) is 5.47. The van der Waals surface area contributed by atoms with Gasteiger partial charge in [0, 0.05) is 18.9 Å². The second kappa shape index (κ2) is 4.16. The monoisotopic (exact) mass is 234 g/mol. The van der Waals surface area contributed by atoms with Crippen molar-refractivity contribution >= 4 is 11.9 Å². The summed E-state index contributed by atoms with van der Waals surface area (Å²) in [5.41, 5.74) is 0.767. The van der Waals surface area contributed by atoms with E-state index < -0.39 is 11.4 Å². The molecule has 1 aliphatic rings. The standard InChI is InChI=1S/C12H14N2O3/c1-8-6-13-5-2-9(8)7-14-10(15)12(3-4-12)11(16)17/h2,5-6H,3-4,7H2,1H3,(H,14,15)(H,16,17). The fraction of sp³-hybridized carbons (Fsp3) is 0.417. The predicted molar refractivity (Wildman–Crippen MR) is 60.1 cm³/mol. The molecule has 2 rings (SSSR count). The molecule has 1 fully saturated rings. The molecule has 5 nitrogen and oxygen atoms in total. The third-order valence-electron chi connectivity index (χ3n) is 3.17. The Bertz CT molecular complexity index is 467. The first kappa shape index (κ1) is 11.6. The summed E-state index contributed by atoms with van der Waals surface area (Å²) in [6.07, 6.45) is 4.23. The largest absolute Gasteiger partial charge is 0.480 e. The Morgan fingerprint density at radius 3 is 2.76 bits per heavy atom. The maximum absolute atomic E-state index is 11.7. The number of hydrogen-bond donors (Lipinski definition) is 2. The molecule has 0 spiro atoms. The average Bonchev–Trinajstić information content (AvgIpc) is 3.08. The number of carboxylic acids is 1. The highest BCUT2D eigenvalue weighted by atomic mass is 16.4. The minimum Gasteiger partial charge on any atom is -0.480 e. The zero-order chi connectivity index (χ0) is 12.5. The molecule has 0 atom stereocenters. The topological polar surface area (TPSA) is 79.3 Å². The van der Waals surface area contributed by atoms with Gasteiger partial charge >= 0.3 is 5.97 Å². The number of aryl methyl sites for hydroxylation is 1. The maximum atomic E-state index is 11.7. The Balaban J connectivity index is 1.98. The van der Waals surface area contributed by atoms with E-state index in [1.54, 1.807) is 12.4 Å². The fourth-order valence-corrected chi connectivity index (χ4v) is 1.71. The summed E-state index contributed by atoms with van der Waals surface area (Å²) in [6.45, 7) is 2.25. The normalized spacial score (nSPS) is 16.3. The number of nitrogens with zero attached hydrogens (tertiary/aromatic N) is 1.